The van der Waals surface area contributed by atoms with E-state index in [1.165, 1.54) is 12.8 Å². The third-order valence-corrected chi connectivity index (χ3v) is 5.19. The number of amides is 1. The lowest BCUT2D eigenvalue weighted by Crippen LogP contribution is -2.50. The molecule has 26 heavy (non-hydrogen) atoms. The van der Waals surface area contributed by atoms with Crippen molar-refractivity contribution in [3.05, 3.63) is 41.5 Å². The standard InChI is InChI=1S/C19H25N5O2/c1-13-21-22-18-11-23(2)16(10-24(13)18)19(25)20-9-15-5-3-4-6-17(15)26-12-14-7-8-14/h3-6,14,16H,7-12H2,1-2H3,(H,20,25). The van der Waals surface area contributed by atoms with Crippen LogP contribution in [-0.4, -0.2) is 45.3 Å². The number of benzene rings is 1. The maximum absolute atomic E-state index is 12.8. The van der Waals surface area contributed by atoms with Gasteiger partial charge in [-0.15, -0.1) is 10.2 Å². The van der Waals surface area contributed by atoms with Crippen molar-refractivity contribution in [2.45, 2.75) is 45.4 Å². The molecule has 1 N–H and O–H groups in total. The van der Waals surface area contributed by atoms with E-state index < -0.39 is 0 Å². The van der Waals surface area contributed by atoms with Crippen LogP contribution in [0.4, 0.5) is 0 Å². The SMILES string of the molecule is Cc1nnc2n1CC(C(=O)NCc1ccccc1OCC1CC1)N(C)C2. The fraction of sp³-hybridized carbons (Fsp3) is 0.526. The lowest BCUT2D eigenvalue weighted by Gasteiger charge is -2.32. The van der Waals surface area contributed by atoms with Crippen LogP contribution < -0.4 is 10.1 Å². The third-order valence-electron chi connectivity index (χ3n) is 5.19. The Bertz CT molecular complexity index is 799. The van der Waals surface area contributed by atoms with E-state index in [0.29, 0.717) is 25.6 Å². The van der Waals surface area contributed by atoms with Crippen molar-refractivity contribution < 1.29 is 9.53 Å². The summed E-state index contributed by atoms with van der Waals surface area (Å²) in [6.07, 6.45) is 2.52. The van der Waals surface area contributed by atoms with Gasteiger partial charge in [0.2, 0.25) is 5.91 Å². The summed E-state index contributed by atoms with van der Waals surface area (Å²) in [5.41, 5.74) is 1.01. The first-order valence-electron chi connectivity index (χ1n) is 9.19. The summed E-state index contributed by atoms with van der Waals surface area (Å²) in [6, 6.07) is 7.71. The quantitative estimate of drug-likeness (QED) is 0.850. The summed E-state index contributed by atoms with van der Waals surface area (Å²) < 4.78 is 7.95. The van der Waals surface area contributed by atoms with Crippen LogP contribution in [0.1, 0.15) is 30.1 Å². The first-order chi connectivity index (χ1) is 12.6. The maximum atomic E-state index is 12.8. The second-order valence-electron chi connectivity index (χ2n) is 7.28. The Balaban J connectivity index is 1.39. The average Bonchev–Trinajstić information content (AvgIpc) is 3.41. The second-order valence-corrected chi connectivity index (χ2v) is 7.28. The number of nitrogens with zero attached hydrogens (tertiary/aromatic N) is 4. The zero-order valence-corrected chi connectivity index (χ0v) is 15.3. The molecule has 2 aliphatic rings. The van der Waals surface area contributed by atoms with E-state index in [0.717, 1.165) is 29.6 Å². The van der Waals surface area contributed by atoms with Gasteiger partial charge in [-0.3, -0.25) is 9.69 Å². The number of rotatable bonds is 6. The molecule has 2 aromatic rings. The number of nitrogens with one attached hydrogen (secondary N) is 1. The largest absolute Gasteiger partial charge is 0.493 e. The topological polar surface area (TPSA) is 72.3 Å². The number of aryl methyl sites for hydroxylation is 1. The highest BCUT2D eigenvalue weighted by Gasteiger charge is 2.31. The lowest BCUT2D eigenvalue weighted by molar-refractivity contribution is -0.127. The van der Waals surface area contributed by atoms with Gasteiger partial charge in [-0.2, -0.15) is 0 Å². The summed E-state index contributed by atoms with van der Waals surface area (Å²) in [4.78, 5) is 14.8. The van der Waals surface area contributed by atoms with Crippen molar-refractivity contribution in [1.29, 1.82) is 0 Å². The zero-order valence-electron chi connectivity index (χ0n) is 15.3. The van der Waals surface area contributed by atoms with Crippen LogP contribution in [0, 0.1) is 12.8 Å². The van der Waals surface area contributed by atoms with E-state index >= 15 is 0 Å². The molecule has 4 rings (SSSR count). The Labute approximate surface area is 153 Å². The van der Waals surface area contributed by atoms with E-state index in [-0.39, 0.29) is 11.9 Å². The van der Waals surface area contributed by atoms with E-state index in [4.69, 9.17) is 4.74 Å². The highest BCUT2D eigenvalue weighted by molar-refractivity contribution is 5.81. The molecule has 1 fully saturated rings. The Morgan fingerprint density at radius 1 is 1.31 bits per heavy atom. The smallest absolute Gasteiger partial charge is 0.239 e. The van der Waals surface area contributed by atoms with Crippen molar-refractivity contribution in [1.82, 2.24) is 25.0 Å². The molecule has 1 aromatic carbocycles. The molecule has 0 saturated heterocycles. The fourth-order valence-electron chi connectivity index (χ4n) is 3.29. The molecule has 1 aliphatic heterocycles. The number of hydrogen-bond donors (Lipinski definition) is 1. The predicted octanol–water partition coefficient (Wildman–Crippen LogP) is 1.51. The number of likely N-dealkylation sites (N-methyl/N-ethyl adjacent to an activating group) is 1. The number of hydrogen-bond acceptors (Lipinski definition) is 5. The first kappa shape index (κ1) is 17.0. The molecule has 138 valence electrons. The minimum absolute atomic E-state index is 0.0169. The van der Waals surface area contributed by atoms with Crippen molar-refractivity contribution in [3.63, 3.8) is 0 Å². The summed E-state index contributed by atoms with van der Waals surface area (Å²) in [5.74, 6) is 3.35. The molecular formula is C19H25N5O2. The van der Waals surface area contributed by atoms with Gasteiger partial charge in [-0.25, -0.2) is 0 Å². The number of fused-ring (bicyclic) bond motifs is 1. The summed E-state index contributed by atoms with van der Waals surface area (Å²) in [5, 5.41) is 11.3. The molecular weight excluding hydrogens is 330 g/mol. The lowest BCUT2D eigenvalue weighted by atomic mass is 10.1. The van der Waals surface area contributed by atoms with Gasteiger partial charge in [-0.1, -0.05) is 18.2 Å². The van der Waals surface area contributed by atoms with E-state index in [9.17, 15) is 4.79 Å². The molecule has 1 saturated carbocycles. The molecule has 1 atom stereocenters. The van der Waals surface area contributed by atoms with Crippen molar-refractivity contribution in [3.8, 4) is 5.75 Å². The van der Waals surface area contributed by atoms with Crippen molar-refractivity contribution in [2.75, 3.05) is 13.7 Å². The first-order valence-corrected chi connectivity index (χ1v) is 9.19. The molecule has 1 aromatic heterocycles. The van der Waals surface area contributed by atoms with Gasteiger partial charge in [0.25, 0.3) is 0 Å². The fourth-order valence-corrected chi connectivity index (χ4v) is 3.29. The minimum Gasteiger partial charge on any atom is -0.493 e. The number of ether oxygens (including phenoxy) is 1. The molecule has 1 unspecified atom stereocenters. The number of aromatic nitrogens is 3. The van der Waals surface area contributed by atoms with Crippen molar-refractivity contribution >= 4 is 5.91 Å². The average molecular weight is 355 g/mol. The van der Waals surface area contributed by atoms with Crippen LogP contribution in [0.2, 0.25) is 0 Å². The molecule has 0 radical (unpaired) electrons. The minimum atomic E-state index is -0.225. The van der Waals surface area contributed by atoms with Gasteiger partial charge < -0.3 is 14.6 Å². The van der Waals surface area contributed by atoms with E-state index in [1.807, 2.05) is 47.7 Å². The van der Waals surface area contributed by atoms with Crippen LogP contribution >= 0.6 is 0 Å². The number of carbonyl (C=O) groups is 1. The number of para-hydroxylation sites is 1. The Morgan fingerprint density at radius 3 is 2.92 bits per heavy atom. The van der Waals surface area contributed by atoms with Crippen LogP contribution in [0.3, 0.4) is 0 Å². The van der Waals surface area contributed by atoms with Crippen LogP contribution in [-0.2, 0) is 24.4 Å². The number of carbonyl (C=O) groups excluding carboxylic acids is 1. The summed E-state index contributed by atoms with van der Waals surface area (Å²) in [7, 11) is 1.95. The molecule has 1 aliphatic carbocycles. The van der Waals surface area contributed by atoms with Gasteiger partial charge in [0, 0.05) is 12.1 Å². The maximum Gasteiger partial charge on any atom is 0.239 e. The van der Waals surface area contributed by atoms with Crippen LogP contribution in [0.15, 0.2) is 24.3 Å². The van der Waals surface area contributed by atoms with Gasteiger partial charge in [-0.05, 0) is 38.8 Å². The van der Waals surface area contributed by atoms with Crippen molar-refractivity contribution in [2.24, 2.45) is 5.92 Å². The highest BCUT2D eigenvalue weighted by atomic mass is 16.5. The second kappa shape index (κ2) is 7.07. The zero-order chi connectivity index (χ0) is 18.1. The van der Waals surface area contributed by atoms with Crippen LogP contribution in [0.5, 0.6) is 5.75 Å². The molecule has 7 heteroatoms. The van der Waals surface area contributed by atoms with Crippen LogP contribution in [0.25, 0.3) is 0 Å². The van der Waals surface area contributed by atoms with Gasteiger partial charge in [0.1, 0.15) is 23.4 Å². The predicted molar refractivity (Wildman–Crippen MR) is 96.5 cm³/mol. The van der Waals surface area contributed by atoms with Gasteiger partial charge in [0.05, 0.1) is 19.7 Å². The molecule has 0 bridgehead atoms. The Hall–Kier alpha value is -2.41. The molecule has 1 amide bonds. The Morgan fingerprint density at radius 2 is 2.12 bits per heavy atom. The Kier molecular flexibility index (Phi) is 4.63. The van der Waals surface area contributed by atoms with Gasteiger partial charge in [0.15, 0.2) is 0 Å². The summed E-state index contributed by atoms with van der Waals surface area (Å²) in [6.45, 7) is 4.37. The monoisotopic (exact) mass is 355 g/mol. The highest BCUT2D eigenvalue weighted by Crippen LogP contribution is 2.30. The van der Waals surface area contributed by atoms with E-state index in [2.05, 4.69) is 15.5 Å². The molecule has 0 spiro atoms. The van der Waals surface area contributed by atoms with E-state index in [1.54, 1.807) is 0 Å². The summed E-state index contributed by atoms with van der Waals surface area (Å²) >= 11 is 0. The molecule has 7 nitrogen and oxygen atoms in total. The third kappa shape index (κ3) is 3.58. The molecule has 2 heterocycles. The van der Waals surface area contributed by atoms with Gasteiger partial charge >= 0.3 is 0 Å². The normalized spacial score (nSPS) is 19.8.